The zero-order chi connectivity index (χ0) is 14.4. The minimum absolute atomic E-state index is 0.733. The van der Waals surface area contributed by atoms with E-state index < -0.39 is 0 Å². The highest BCUT2D eigenvalue weighted by Gasteiger charge is 2.11. The molecule has 0 radical (unpaired) electrons. The van der Waals surface area contributed by atoms with Crippen LogP contribution >= 0.6 is 11.6 Å². The summed E-state index contributed by atoms with van der Waals surface area (Å²) in [5.41, 5.74) is 3.03. The van der Waals surface area contributed by atoms with Crippen molar-refractivity contribution in [2.75, 3.05) is 13.7 Å². The van der Waals surface area contributed by atoms with Gasteiger partial charge in [-0.05, 0) is 42.8 Å². The molecule has 1 aromatic heterocycles. The van der Waals surface area contributed by atoms with E-state index in [1.165, 1.54) is 0 Å². The van der Waals surface area contributed by atoms with Gasteiger partial charge in [0.25, 0.3) is 0 Å². The van der Waals surface area contributed by atoms with Crippen molar-refractivity contribution in [3.05, 3.63) is 47.1 Å². The molecule has 4 heteroatoms. The summed E-state index contributed by atoms with van der Waals surface area (Å²) in [6.45, 7) is 3.89. The lowest BCUT2D eigenvalue weighted by Crippen LogP contribution is -2.14. The number of aromatic nitrogens is 1. The maximum Gasteiger partial charge on any atom is 0.145 e. The molecular formula is C16H19ClN2O. The van der Waals surface area contributed by atoms with E-state index in [1.807, 2.05) is 30.3 Å². The van der Waals surface area contributed by atoms with E-state index in [-0.39, 0.29) is 0 Å². The van der Waals surface area contributed by atoms with E-state index in [0.717, 1.165) is 47.1 Å². The lowest BCUT2D eigenvalue weighted by atomic mass is 10.0. The van der Waals surface area contributed by atoms with Gasteiger partial charge in [0.05, 0.1) is 7.11 Å². The Morgan fingerprint density at radius 1 is 1.30 bits per heavy atom. The average Bonchev–Trinajstić information content (AvgIpc) is 2.48. The fourth-order valence-electron chi connectivity index (χ4n) is 2.10. The number of hydrogen-bond donors (Lipinski definition) is 1. The second-order valence-corrected chi connectivity index (χ2v) is 4.97. The van der Waals surface area contributed by atoms with Gasteiger partial charge in [0.2, 0.25) is 0 Å². The van der Waals surface area contributed by atoms with E-state index >= 15 is 0 Å². The second-order valence-electron chi connectivity index (χ2n) is 4.53. The molecule has 0 fully saturated rings. The molecule has 0 saturated carbocycles. The van der Waals surface area contributed by atoms with E-state index in [0.29, 0.717) is 0 Å². The Balaban J connectivity index is 2.39. The highest BCUT2D eigenvalue weighted by molar-refractivity contribution is 6.30. The number of nitrogens with one attached hydrogen (secondary N) is 1. The Morgan fingerprint density at radius 3 is 2.90 bits per heavy atom. The first-order chi connectivity index (χ1) is 9.76. The molecule has 0 aliphatic heterocycles. The molecule has 1 N–H and O–H groups in total. The standard InChI is InChI=1S/C16H19ClN2O/c1-3-8-18-11-12-10-13(17)6-7-14(12)16-15(20-2)5-4-9-19-16/h4-7,9-10,18H,3,8,11H2,1-2H3. The van der Waals surface area contributed by atoms with Gasteiger partial charge in [0, 0.05) is 23.3 Å². The van der Waals surface area contributed by atoms with Crippen molar-refractivity contribution in [2.45, 2.75) is 19.9 Å². The van der Waals surface area contributed by atoms with Gasteiger partial charge in [0.1, 0.15) is 11.4 Å². The highest BCUT2D eigenvalue weighted by atomic mass is 35.5. The van der Waals surface area contributed by atoms with E-state index in [1.54, 1.807) is 13.3 Å². The van der Waals surface area contributed by atoms with Crippen LogP contribution < -0.4 is 10.1 Å². The normalized spacial score (nSPS) is 10.6. The topological polar surface area (TPSA) is 34.2 Å². The molecule has 0 unspecified atom stereocenters. The first kappa shape index (κ1) is 14.8. The third-order valence-corrected chi connectivity index (χ3v) is 3.29. The molecule has 106 valence electrons. The van der Waals surface area contributed by atoms with Crippen molar-refractivity contribution in [1.82, 2.24) is 10.3 Å². The van der Waals surface area contributed by atoms with Crippen LogP contribution in [0.4, 0.5) is 0 Å². The summed E-state index contributed by atoms with van der Waals surface area (Å²) in [5.74, 6) is 0.770. The Kier molecular flexibility index (Phi) is 5.39. The third kappa shape index (κ3) is 3.50. The van der Waals surface area contributed by atoms with Crippen molar-refractivity contribution >= 4 is 11.6 Å². The van der Waals surface area contributed by atoms with Crippen molar-refractivity contribution in [3.63, 3.8) is 0 Å². The SMILES string of the molecule is CCCNCc1cc(Cl)ccc1-c1ncccc1OC. The van der Waals surface area contributed by atoms with Crippen molar-refractivity contribution in [1.29, 1.82) is 0 Å². The van der Waals surface area contributed by atoms with Crippen molar-refractivity contribution in [3.8, 4) is 17.0 Å². The van der Waals surface area contributed by atoms with Gasteiger partial charge in [-0.25, -0.2) is 0 Å². The van der Waals surface area contributed by atoms with Crippen LogP contribution in [0.2, 0.25) is 5.02 Å². The van der Waals surface area contributed by atoms with E-state index in [9.17, 15) is 0 Å². The summed E-state index contributed by atoms with van der Waals surface area (Å²) in [7, 11) is 1.66. The number of nitrogens with zero attached hydrogens (tertiary/aromatic N) is 1. The quantitative estimate of drug-likeness (QED) is 0.819. The number of hydrogen-bond acceptors (Lipinski definition) is 3. The van der Waals surface area contributed by atoms with Crippen molar-refractivity contribution < 1.29 is 4.74 Å². The van der Waals surface area contributed by atoms with E-state index in [2.05, 4.69) is 17.2 Å². The molecule has 0 bridgehead atoms. The van der Waals surface area contributed by atoms with Crippen LogP contribution in [0.25, 0.3) is 11.3 Å². The van der Waals surface area contributed by atoms with Gasteiger partial charge in [-0.15, -0.1) is 0 Å². The molecule has 0 aliphatic carbocycles. The fraction of sp³-hybridized carbons (Fsp3) is 0.312. The molecule has 20 heavy (non-hydrogen) atoms. The van der Waals surface area contributed by atoms with Gasteiger partial charge in [0.15, 0.2) is 0 Å². The molecular weight excluding hydrogens is 272 g/mol. The van der Waals surface area contributed by atoms with Gasteiger partial charge >= 0.3 is 0 Å². The highest BCUT2D eigenvalue weighted by Crippen LogP contribution is 2.31. The van der Waals surface area contributed by atoms with Crippen LogP contribution in [0.5, 0.6) is 5.75 Å². The molecule has 3 nitrogen and oxygen atoms in total. The summed E-state index contributed by atoms with van der Waals surface area (Å²) in [6, 6.07) is 9.64. The molecule has 0 saturated heterocycles. The van der Waals surface area contributed by atoms with Crippen LogP contribution in [0, 0.1) is 0 Å². The lowest BCUT2D eigenvalue weighted by molar-refractivity contribution is 0.415. The first-order valence-electron chi connectivity index (χ1n) is 6.74. The molecule has 2 aromatic rings. The van der Waals surface area contributed by atoms with Gasteiger partial charge in [-0.3, -0.25) is 4.98 Å². The van der Waals surface area contributed by atoms with Gasteiger partial charge < -0.3 is 10.1 Å². The lowest BCUT2D eigenvalue weighted by Gasteiger charge is -2.13. The number of ether oxygens (including phenoxy) is 1. The van der Waals surface area contributed by atoms with Crippen LogP contribution in [0.15, 0.2) is 36.5 Å². The monoisotopic (exact) mass is 290 g/mol. The second kappa shape index (κ2) is 7.27. The molecule has 0 atom stereocenters. The van der Waals surface area contributed by atoms with Crippen LogP contribution in [-0.2, 0) is 6.54 Å². The minimum atomic E-state index is 0.733. The number of pyridine rings is 1. The summed E-state index contributed by atoms with van der Waals surface area (Å²) in [4.78, 5) is 4.44. The first-order valence-corrected chi connectivity index (χ1v) is 7.12. The third-order valence-electron chi connectivity index (χ3n) is 3.06. The Hall–Kier alpha value is -1.58. The van der Waals surface area contributed by atoms with E-state index in [4.69, 9.17) is 16.3 Å². The maximum atomic E-state index is 6.11. The van der Waals surface area contributed by atoms with Gasteiger partial charge in [-0.2, -0.15) is 0 Å². The largest absolute Gasteiger partial charge is 0.494 e. The Morgan fingerprint density at radius 2 is 2.15 bits per heavy atom. The number of methoxy groups -OCH3 is 1. The van der Waals surface area contributed by atoms with Crippen LogP contribution in [0.1, 0.15) is 18.9 Å². The summed E-state index contributed by atoms with van der Waals surface area (Å²) in [5, 5.41) is 4.13. The predicted molar refractivity (Wildman–Crippen MR) is 83.2 cm³/mol. The van der Waals surface area contributed by atoms with Gasteiger partial charge in [-0.1, -0.05) is 24.6 Å². The number of rotatable bonds is 6. The zero-order valence-corrected chi connectivity index (χ0v) is 12.6. The van der Waals surface area contributed by atoms with Crippen molar-refractivity contribution in [2.24, 2.45) is 0 Å². The average molecular weight is 291 g/mol. The summed E-state index contributed by atoms with van der Waals surface area (Å²) in [6.07, 6.45) is 2.87. The van der Waals surface area contributed by atoms with Crippen LogP contribution in [-0.4, -0.2) is 18.6 Å². The Labute approximate surface area is 124 Å². The minimum Gasteiger partial charge on any atom is -0.494 e. The molecule has 1 heterocycles. The Bertz CT molecular complexity index is 572. The zero-order valence-electron chi connectivity index (χ0n) is 11.8. The van der Waals surface area contributed by atoms with Crippen LogP contribution in [0.3, 0.4) is 0 Å². The summed E-state index contributed by atoms with van der Waals surface area (Å²) >= 11 is 6.11. The molecule has 0 spiro atoms. The summed E-state index contributed by atoms with van der Waals surface area (Å²) < 4.78 is 5.39. The fourth-order valence-corrected chi connectivity index (χ4v) is 2.29. The molecule has 2 rings (SSSR count). The predicted octanol–water partition coefficient (Wildman–Crippen LogP) is 3.91. The smallest absolute Gasteiger partial charge is 0.145 e. The molecule has 1 aromatic carbocycles. The maximum absolute atomic E-state index is 6.11. The number of benzene rings is 1. The molecule has 0 amide bonds. The number of halogens is 1. The molecule has 0 aliphatic rings.